The minimum absolute atomic E-state index is 0.0417. The monoisotopic (exact) mass is 292 g/mol. The second-order valence-electron chi connectivity index (χ2n) is 4.95. The van der Waals surface area contributed by atoms with Gasteiger partial charge in [0, 0.05) is 6.04 Å². The Kier molecular flexibility index (Phi) is 4.80. The molecule has 1 aliphatic heterocycles. The fourth-order valence-electron chi connectivity index (χ4n) is 2.18. The molecule has 1 aromatic carbocycles. The Labute approximate surface area is 123 Å². The highest BCUT2D eigenvalue weighted by molar-refractivity contribution is 5.95. The number of fused-ring (bicyclic) bond motifs is 1. The van der Waals surface area contributed by atoms with Gasteiger partial charge in [-0.25, -0.2) is 0 Å². The van der Waals surface area contributed by atoms with Crippen LogP contribution in [0.5, 0.6) is 5.75 Å². The van der Waals surface area contributed by atoms with Crippen molar-refractivity contribution in [2.45, 2.75) is 32.9 Å². The molecule has 0 radical (unpaired) electrons. The predicted octanol–water partition coefficient (Wildman–Crippen LogP) is 1.62. The number of carbonyl (C=O) groups excluding carboxylic acids is 2. The summed E-state index contributed by atoms with van der Waals surface area (Å²) in [6.07, 6.45) is 0. The van der Waals surface area contributed by atoms with Gasteiger partial charge in [-0.2, -0.15) is 0 Å². The van der Waals surface area contributed by atoms with Crippen LogP contribution >= 0.6 is 0 Å². The molecular formula is C15H20N2O4. The Morgan fingerprint density at radius 3 is 2.95 bits per heavy atom. The van der Waals surface area contributed by atoms with Gasteiger partial charge in [0.15, 0.2) is 6.61 Å². The molecule has 1 amide bonds. The largest absolute Gasteiger partial charge is 0.482 e. The summed E-state index contributed by atoms with van der Waals surface area (Å²) in [7, 11) is 0. The van der Waals surface area contributed by atoms with E-state index in [4.69, 9.17) is 9.47 Å². The van der Waals surface area contributed by atoms with Crippen molar-refractivity contribution >= 4 is 17.6 Å². The molecule has 2 N–H and O–H groups in total. The van der Waals surface area contributed by atoms with E-state index < -0.39 is 6.04 Å². The number of amides is 1. The number of esters is 1. The van der Waals surface area contributed by atoms with Gasteiger partial charge < -0.3 is 14.8 Å². The van der Waals surface area contributed by atoms with E-state index in [0.29, 0.717) is 18.0 Å². The quantitative estimate of drug-likeness (QED) is 0.806. The molecule has 6 heteroatoms. The SMILES string of the molecule is CCOC(=O)C(C)NC(C)c1ccc2c(c1)NC(=O)CO2. The van der Waals surface area contributed by atoms with Crippen LogP contribution in [0.4, 0.5) is 5.69 Å². The molecule has 1 heterocycles. The minimum Gasteiger partial charge on any atom is -0.482 e. The lowest BCUT2D eigenvalue weighted by Gasteiger charge is -2.22. The Balaban J connectivity index is 2.06. The van der Waals surface area contributed by atoms with Crippen LogP contribution in [0.15, 0.2) is 18.2 Å². The third-order valence-electron chi connectivity index (χ3n) is 3.28. The standard InChI is InChI=1S/C15H20N2O4/c1-4-20-15(19)10(3)16-9(2)11-5-6-13-12(7-11)17-14(18)8-21-13/h5-7,9-10,16H,4,8H2,1-3H3,(H,17,18). The van der Waals surface area contributed by atoms with Crippen LogP contribution in [0.3, 0.4) is 0 Å². The van der Waals surface area contributed by atoms with Gasteiger partial charge in [0.1, 0.15) is 11.8 Å². The van der Waals surface area contributed by atoms with Crippen LogP contribution in [-0.4, -0.2) is 31.1 Å². The van der Waals surface area contributed by atoms with Gasteiger partial charge in [0.2, 0.25) is 0 Å². The number of carbonyl (C=O) groups is 2. The maximum absolute atomic E-state index is 11.6. The zero-order valence-electron chi connectivity index (χ0n) is 12.4. The molecule has 0 spiro atoms. The van der Waals surface area contributed by atoms with Crippen molar-refractivity contribution in [1.29, 1.82) is 0 Å². The van der Waals surface area contributed by atoms with Gasteiger partial charge in [-0.15, -0.1) is 0 Å². The summed E-state index contributed by atoms with van der Waals surface area (Å²) in [5.41, 5.74) is 1.61. The van der Waals surface area contributed by atoms with Crippen molar-refractivity contribution in [3.8, 4) is 5.75 Å². The van der Waals surface area contributed by atoms with E-state index in [1.165, 1.54) is 0 Å². The highest BCUT2D eigenvalue weighted by Crippen LogP contribution is 2.30. The van der Waals surface area contributed by atoms with Gasteiger partial charge in [-0.1, -0.05) is 6.07 Å². The van der Waals surface area contributed by atoms with Crippen molar-refractivity contribution in [1.82, 2.24) is 5.32 Å². The first kappa shape index (κ1) is 15.3. The topological polar surface area (TPSA) is 76.7 Å². The molecule has 2 rings (SSSR count). The Morgan fingerprint density at radius 1 is 1.48 bits per heavy atom. The van der Waals surface area contributed by atoms with Crippen molar-refractivity contribution in [3.63, 3.8) is 0 Å². The summed E-state index contributed by atoms with van der Waals surface area (Å²) in [6, 6.07) is 5.11. The minimum atomic E-state index is -0.401. The number of rotatable bonds is 5. The summed E-state index contributed by atoms with van der Waals surface area (Å²) >= 11 is 0. The Bertz CT molecular complexity index is 544. The fourth-order valence-corrected chi connectivity index (χ4v) is 2.18. The number of hydrogen-bond acceptors (Lipinski definition) is 5. The molecule has 1 aromatic rings. The predicted molar refractivity (Wildman–Crippen MR) is 78.2 cm³/mol. The van der Waals surface area contributed by atoms with Gasteiger partial charge >= 0.3 is 5.97 Å². The molecule has 0 saturated heterocycles. The first-order valence-electron chi connectivity index (χ1n) is 7.00. The van der Waals surface area contributed by atoms with Crippen molar-refractivity contribution < 1.29 is 19.1 Å². The average molecular weight is 292 g/mol. The first-order chi connectivity index (χ1) is 10.0. The maximum atomic E-state index is 11.6. The third kappa shape index (κ3) is 3.72. The lowest BCUT2D eigenvalue weighted by atomic mass is 10.1. The van der Waals surface area contributed by atoms with Crippen molar-refractivity contribution in [2.24, 2.45) is 0 Å². The zero-order chi connectivity index (χ0) is 15.4. The molecule has 21 heavy (non-hydrogen) atoms. The normalized spacial score (nSPS) is 16.2. The van der Waals surface area contributed by atoms with E-state index in [2.05, 4.69) is 10.6 Å². The second-order valence-corrected chi connectivity index (χ2v) is 4.95. The van der Waals surface area contributed by atoms with Gasteiger partial charge in [-0.3, -0.25) is 14.9 Å². The molecular weight excluding hydrogens is 272 g/mol. The van der Waals surface area contributed by atoms with Crippen LogP contribution in [0.2, 0.25) is 0 Å². The average Bonchev–Trinajstić information content (AvgIpc) is 2.46. The van der Waals surface area contributed by atoms with Crippen LogP contribution in [-0.2, 0) is 14.3 Å². The van der Waals surface area contributed by atoms with E-state index in [1.54, 1.807) is 13.8 Å². The van der Waals surface area contributed by atoms with Crippen LogP contribution in [0, 0.1) is 0 Å². The molecule has 0 saturated carbocycles. The smallest absolute Gasteiger partial charge is 0.322 e. The highest BCUT2D eigenvalue weighted by atomic mass is 16.5. The van der Waals surface area contributed by atoms with E-state index >= 15 is 0 Å². The van der Waals surface area contributed by atoms with E-state index in [-0.39, 0.29) is 24.5 Å². The Hall–Kier alpha value is -2.08. The molecule has 0 fully saturated rings. The fraction of sp³-hybridized carbons (Fsp3) is 0.467. The third-order valence-corrected chi connectivity index (χ3v) is 3.28. The summed E-state index contributed by atoms with van der Waals surface area (Å²) < 4.78 is 10.3. The lowest BCUT2D eigenvalue weighted by Crippen LogP contribution is -2.37. The summed E-state index contributed by atoms with van der Waals surface area (Å²) in [4.78, 5) is 23.0. The molecule has 2 atom stereocenters. The van der Waals surface area contributed by atoms with Crippen molar-refractivity contribution in [3.05, 3.63) is 23.8 Å². The molecule has 0 bridgehead atoms. The molecule has 1 aliphatic rings. The molecule has 2 unspecified atom stereocenters. The number of hydrogen-bond donors (Lipinski definition) is 2. The van der Waals surface area contributed by atoms with Crippen LogP contribution in [0.1, 0.15) is 32.4 Å². The number of ether oxygens (including phenoxy) is 2. The number of anilines is 1. The summed E-state index contributed by atoms with van der Waals surface area (Å²) in [5.74, 6) is 0.211. The van der Waals surface area contributed by atoms with Crippen LogP contribution < -0.4 is 15.4 Å². The first-order valence-corrected chi connectivity index (χ1v) is 7.00. The van der Waals surface area contributed by atoms with E-state index in [0.717, 1.165) is 5.56 Å². The van der Waals surface area contributed by atoms with E-state index in [9.17, 15) is 9.59 Å². The maximum Gasteiger partial charge on any atom is 0.322 e. The van der Waals surface area contributed by atoms with Crippen LogP contribution in [0.25, 0.3) is 0 Å². The van der Waals surface area contributed by atoms with E-state index in [1.807, 2.05) is 25.1 Å². The molecule has 114 valence electrons. The van der Waals surface area contributed by atoms with Crippen molar-refractivity contribution in [2.75, 3.05) is 18.5 Å². The lowest BCUT2D eigenvalue weighted by molar-refractivity contribution is -0.145. The second kappa shape index (κ2) is 6.58. The molecule has 0 aromatic heterocycles. The number of nitrogens with one attached hydrogen (secondary N) is 2. The molecule has 6 nitrogen and oxygen atoms in total. The van der Waals surface area contributed by atoms with Gasteiger partial charge in [-0.05, 0) is 38.5 Å². The molecule has 0 aliphatic carbocycles. The zero-order valence-corrected chi connectivity index (χ0v) is 12.4. The highest BCUT2D eigenvalue weighted by Gasteiger charge is 2.20. The summed E-state index contributed by atoms with van der Waals surface area (Å²) in [6.45, 7) is 5.89. The van der Waals surface area contributed by atoms with Gasteiger partial charge in [0.25, 0.3) is 5.91 Å². The van der Waals surface area contributed by atoms with Gasteiger partial charge in [0.05, 0.1) is 12.3 Å². The number of benzene rings is 1. The Morgan fingerprint density at radius 2 is 2.24 bits per heavy atom. The summed E-state index contributed by atoms with van der Waals surface area (Å²) in [5, 5.41) is 5.94.